The van der Waals surface area contributed by atoms with Crippen molar-refractivity contribution >= 4 is 5.78 Å². The Morgan fingerprint density at radius 2 is 1.71 bits per heavy atom. The highest BCUT2D eigenvalue weighted by Gasteiger charge is 2.35. The maximum atomic E-state index is 11.5. The minimum atomic E-state index is -0.237. The van der Waals surface area contributed by atoms with Gasteiger partial charge in [0.25, 0.3) is 0 Å². The summed E-state index contributed by atoms with van der Waals surface area (Å²) in [6.07, 6.45) is -0.237. The summed E-state index contributed by atoms with van der Waals surface area (Å²) in [5.74, 6) is 0.286. The van der Waals surface area contributed by atoms with Gasteiger partial charge in [-0.05, 0) is 12.6 Å². The number of ketones is 1. The van der Waals surface area contributed by atoms with E-state index in [4.69, 9.17) is 9.47 Å². The van der Waals surface area contributed by atoms with E-state index in [1.807, 2.05) is 36.2 Å². The number of likely N-dealkylation sites (tertiary alicyclic amines) is 1. The molecule has 0 bridgehead atoms. The molecule has 0 saturated carbocycles. The predicted molar refractivity (Wildman–Crippen MR) is 61.5 cm³/mol. The lowest BCUT2D eigenvalue weighted by Gasteiger charge is -2.36. The summed E-state index contributed by atoms with van der Waals surface area (Å²) in [6, 6.07) is 7.86. The standard InChI is InChI=1S/C13H15NO3/c1-14-8-11(15)12(14)9-2-4-10(5-3-9)13-16-6-7-17-13/h2-5,12-13H,6-8H2,1H3. The Balaban J connectivity index is 1.77. The number of hydrogen-bond donors (Lipinski definition) is 0. The molecule has 0 aromatic heterocycles. The van der Waals surface area contributed by atoms with E-state index >= 15 is 0 Å². The van der Waals surface area contributed by atoms with E-state index in [2.05, 4.69) is 0 Å². The number of carbonyl (C=O) groups excluding carboxylic acids is 1. The van der Waals surface area contributed by atoms with Gasteiger partial charge in [0.15, 0.2) is 12.1 Å². The zero-order valence-corrected chi connectivity index (χ0v) is 9.76. The van der Waals surface area contributed by atoms with Crippen molar-refractivity contribution in [2.45, 2.75) is 12.3 Å². The molecule has 1 aromatic carbocycles. The molecule has 90 valence electrons. The topological polar surface area (TPSA) is 38.8 Å². The maximum absolute atomic E-state index is 11.5. The number of benzene rings is 1. The molecule has 1 atom stereocenters. The maximum Gasteiger partial charge on any atom is 0.184 e. The first-order valence-electron chi connectivity index (χ1n) is 5.82. The van der Waals surface area contributed by atoms with Crippen LogP contribution in [-0.4, -0.2) is 37.5 Å². The Labute approximate surface area is 100 Å². The second kappa shape index (κ2) is 4.22. The largest absolute Gasteiger partial charge is 0.346 e. The molecular formula is C13H15NO3. The third kappa shape index (κ3) is 1.88. The summed E-state index contributed by atoms with van der Waals surface area (Å²) in [6.45, 7) is 1.85. The van der Waals surface area contributed by atoms with Crippen LogP contribution >= 0.6 is 0 Å². The fourth-order valence-electron chi connectivity index (χ4n) is 2.38. The van der Waals surface area contributed by atoms with E-state index in [0.29, 0.717) is 19.8 Å². The number of Topliss-reactive ketones (excluding diaryl/α,β-unsaturated/α-hetero) is 1. The minimum Gasteiger partial charge on any atom is -0.346 e. The summed E-state index contributed by atoms with van der Waals surface area (Å²) in [5, 5.41) is 0. The minimum absolute atomic E-state index is 0.0607. The predicted octanol–water partition coefficient (Wildman–Crippen LogP) is 1.29. The first-order valence-corrected chi connectivity index (χ1v) is 5.82. The number of likely N-dealkylation sites (N-methyl/N-ethyl adjacent to an activating group) is 1. The lowest BCUT2D eigenvalue weighted by Crippen LogP contribution is -2.47. The molecule has 2 fully saturated rings. The molecule has 4 nitrogen and oxygen atoms in total. The molecule has 4 heteroatoms. The Morgan fingerprint density at radius 1 is 1.12 bits per heavy atom. The third-order valence-corrected chi connectivity index (χ3v) is 3.30. The van der Waals surface area contributed by atoms with Gasteiger partial charge in [-0.2, -0.15) is 0 Å². The van der Waals surface area contributed by atoms with Gasteiger partial charge in [0.05, 0.1) is 25.8 Å². The van der Waals surface area contributed by atoms with Gasteiger partial charge in [-0.1, -0.05) is 24.3 Å². The fourth-order valence-corrected chi connectivity index (χ4v) is 2.38. The van der Waals surface area contributed by atoms with Crippen molar-refractivity contribution in [1.82, 2.24) is 4.90 Å². The van der Waals surface area contributed by atoms with Gasteiger partial charge in [0, 0.05) is 5.56 Å². The molecule has 1 unspecified atom stereocenters. The van der Waals surface area contributed by atoms with Crippen LogP contribution in [0.5, 0.6) is 0 Å². The Morgan fingerprint density at radius 3 is 2.24 bits per heavy atom. The Kier molecular flexibility index (Phi) is 2.70. The summed E-state index contributed by atoms with van der Waals surface area (Å²) in [5.41, 5.74) is 2.06. The summed E-state index contributed by atoms with van der Waals surface area (Å²) >= 11 is 0. The van der Waals surface area contributed by atoms with Gasteiger partial charge in [-0.3, -0.25) is 9.69 Å². The van der Waals surface area contributed by atoms with Crippen LogP contribution in [0.3, 0.4) is 0 Å². The van der Waals surface area contributed by atoms with Gasteiger partial charge >= 0.3 is 0 Å². The molecule has 3 rings (SSSR count). The smallest absolute Gasteiger partial charge is 0.184 e. The van der Waals surface area contributed by atoms with Crippen molar-refractivity contribution in [2.24, 2.45) is 0 Å². The van der Waals surface area contributed by atoms with E-state index in [1.54, 1.807) is 0 Å². The Hall–Kier alpha value is -1.23. The first kappa shape index (κ1) is 10.9. The third-order valence-electron chi connectivity index (χ3n) is 3.30. The van der Waals surface area contributed by atoms with E-state index in [9.17, 15) is 4.79 Å². The van der Waals surface area contributed by atoms with E-state index in [-0.39, 0.29) is 18.1 Å². The highest BCUT2D eigenvalue weighted by molar-refractivity contribution is 5.92. The monoisotopic (exact) mass is 233 g/mol. The van der Waals surface area contributed by atoms with Gasteiger partial charge < -0.3 is 9.47 Å². The molecule has 0 aliphatic carbocycles. The molecule has 0 N–H and O–H groups in total. The highest BCUT2D eigenvalue weighted by atomic mass is 16.7. The summed E-state index contributed by atoms with van der Waals surface area (Å²) in [7, 11) is 1.96. The molecule has 2 heterocycles. The van der Waals surface area contributed by atoms with Crippen molar-refractivity contribution in [3.63, 3.8) is 0 Å². The van der Waals surface area contributed by atoms with Crippen molar-refractivity contribution in [3.8, 4) is 0 Å². The molecular weight excluding hydrogens is 218 g/mol. The molecule has 17 heavy (non-hydrogen) atoms. The molecule has 2 aliphatic heterocycles. The van der Waals surface area contributed by atoms with Crippen LogP contribution in [0.1, 0.15) is 23.5 Å². The average Bonchev–Trinajstić information content (AvgIpc) is 2.83. The van der Waals surface area contributed by atoms with E-state index in [0.717, 1.165) is 11.1 Å². The second-order valence-corrected chi connectivity index (χ2v) is 4.52. The average molecular weight is 233 g/mol. The fraction of sp³-hybridized carbons (Fsp3) is 0.462. The van der Waals surface area contributed by atoms with Crippen molar-refractivity contribution in [3.05, 3.63) is 35.4 Å². The van der Waals surface area contributed by atoms with E-state index in [1.165, 1.54) is 0 Å². The van der Waals surface area contributed by atoms with Crippen molar-refractivity contribution in [2.75, 3.05) is 26.8 Å². The number of hydrogen-bond acceptors (Lipinski definition) is 4. The highest BCUT2D eigenvalue weighted by Crippen LogP contribution is 2.30. The van der Waals surface area contributed by atoms with Crippen molar-refractivity contribution in [1.29, 1.82) is 0 Å². The molecule has 2 saturated heterocycles. The molecule has 0 radical (unpaired) electrons. The second-order valence-electron chi connectivity index (χ2n) is 4.52. The van der Waals surface area contributed by atoms with E-state index < -0.39 is 0 Å². The van der Waals surface area contributed by atoms with Crippen LogP contribution in [0, 0.1) is 0 Å². The molecule has 1 aromatic rings. The zero-order chi connectivity index (χ0) is 11.8. The lowest BCUT2D eigenvalue weighted by atomic mass is 9.93. The number of carbonyl (C=O) groups is 1. The van der Waals surface area contributed by atoms with Crippen LogP contribution in [0.4, 0.5) is 0 Å². The van der Waals surface area contributed by atoms with Crippen LogP contribution in [0.15, 0.2) is 24.3 Å². The van der Waals surface area contributed by atoms with Gasteiger partial charge in [0.2, 0.25) is 0 Å². The van der Waals surface area contributed by atoms with Crippen LogP contribution in [0.2, 0.25) is 0 Å². The number of ether oxygens (including phenoxy) is 2. The van der Waals surface area contributed by atoms with Gasteiger partial charge in [0.1, 0.15) is 0 Å². The van der Waals surface area contributed by atoms with Crippen LogP contribution < -0.4 is 0 Å². The summed E-state index contributed by atoms with van der Waals surface area (Å²) < 4.78 is 10.8. The van der Waals surface area contributed by atoms with Gasteiger partial charge in [-0.25, -0.2) is 0 Å². The van der Waals surface area contributed by atoms with Gasteiger partial charge in [-0.15, -0.1) is 0 Å². The lowest BCUT2D eigenvalue weighted by molar-refractivity contribution is -0.134. The summed E-state index contributed by atoms with van der Waals surface area (Å²) in [4.78, 5) is 13.5. The van der Waals surface area contributed by atoms with Crippen molar-refractivity contribution < 1.29 is 14.3 Å². The first-order chi connectivity index (χ1) is 8.25. The SMILES string of the molecule is CN1CC(=O)C1c1ccc(C2OCCO2)cc1. The quantitative estimate of drug-likeness (QED) is 0.771. The normalized spacial score (nSPS) is 26.2. The van der Waals surface area contributed by atoms with Crippen LogP contribution in [0.25, 0.3) is 0 Å². The Bertz CT molecular complexity index is 423. The molecule has 0 spiro atoms. The molecule has 2 aliphatic rings. The van der Waals surface area contributed by atoms with Crippen LogP contribution in [-0.2, 0) is 14.3 Å². The zero-order valence-electron chi connectivity index (χ0n) is 9.76. The number of rotatable bonds is 2. The molecule has 0 amide bonds. The number of nitrogens with zero attached hydrogens (tertiary/aromatic N) is 1.